The molecule has 1 aliphatic heterocycles. The highest BCUT2D eigenvalue weighted by atomic mass is 16.5. The molecule has 1 aromatic heterocycles. The van der Waals surface area contributed by atoms with Crippen LogP contribution in [0.1, 0.15) is 57.4 Å². The first-order valence-corrected chi connectivity index (χ1v) is 10.9. The molecule has 33 heavy (non-hydrogen) atoms. The topological polar surface area (TPSA) is 91.2 Å². The van der Waals surface area contributed by atoms with E-state index in [1.165, 1.54) is 5.56 Å². The third-order valence-corrected chi connectivity index (χ3v) is 5.81. The summed E-state index contributed by atoms with van der Waals surface area (Å²) in [5.41, 5.74) is 4.62. The van der Waals surface area contributed by atoms with E-state index in [9.17, 15) is 4.79 Å². The van der Waals surface area contributed by atoms with Crippen molar-refractivity contribution in [2.45, 2.75) is 52.7 Å². The molecule has 0 aliphatic carbocycles. The molecule has 1 aliphatic rings. The van der Waals surface area contributed by atoms with Gasteiger partial charge < -0.3 is 14.8 Å². The number of fused-ring (bicyclic) bond motifs is 1. The van der Waals surface area contributed by atoms with Crippen molar-refractivity contribution in [3.63, 3.8) is 0 Å². The number of nitrogens with one attached hydrogen (secondary N) is 1. The Kier molecular flexibility index (Phi) is 5.93. The number of hydrogen-bond acceptors (Lipinski definition) is 7. The van der Waals surface area contributed by atoms with Crippen molar-refractivity contribution in [1.82, 2.24) is 20.2 Å². The molecule has 2 heterocycles. The second-order valence-electron chi connectivity index (χ2n) is 9.22. The van der Waals surface area contributed by atoms with Gasteiger partial charge >= 0.3 is 0 Å². The predicted molar refractivity (Wildman–Crippen MR) is 125 cm³/mol. The fourth-order valence-corrected chi connectivity index (χ4v) is 4.01. The Balaban J connectivity index is 1.60. The fourth-order valence-electron chi connectivity index (χ4n) is 4.01. The van der Waals surface area contributed by atoms with Gasteiger partial charge in [-0.25, -0.2) is 0 Å². The summed E-state index contributed by atoms with van der Waals surface area (Å²) in [4.78, 5) is 12.5. The standard InChI is InChI=1S/C25H29N5O3/c1-15-22(16(2)31)23(30-24(26-15)27-28-29-30)18-9-12-20(21(13-18)32-6)33-14-17-7-10-19(11-8-17)25(3,4)5/h7-13,23H,14H2,1-6H3,(H,26,27,29). The number of nitrogens with zero attached hydrogens (tertiary/aromatic N) is 4. The summed E-state index contributed by atoms with van der Waals surface area (Å²) in [5, 5.41) is 15.0. The number of carbonyl (C=O) groups is 1. The second kappa shape index (κ2) is 8.69. The smallest absolute Gasteiger partial charge is 0.248 e. The number of allylic oxidation sites excluding steroid dienone is 2. The average Bonchev–Trinajstić information content (AvgIpc) is 3.24. The van der Waals surface area contributed by atoms with Crippen LogP contribution in [0.15, 0.2) is 53.7 Å². The summed E-state index contributed by atoms with van der Waals surface area (Å²) >= 11 is 0. The van der Waals surface area contributed by atoms with E-state index in [4.69, 9.17) is 9.47 Å². The molecule has 4 rings (SSSR count). The molecule has 0 fully saturated rings. The zero-order valence-electron chi connectivity index (χ0n) is 19.8. The summed E-state index contributed by atoms with van der Waals surface area (Å²) in [6.07, 6.45) is 0. The first-order valence-electron chi connectivity index (χ1n) is 10.9. The number of ketones is 1. The Morgan fingerprint density at radius 3 is 2.48 bits per heavy atom. The lowest BCUT2D eigenvalue weighted by atomic mass is 9.87. The van der Waals surface area contributed by atoms with Gasteiger partial charge in [0.2, 0.25) is 5.95 Å². The Morgan fingerprint density at radius 1 is 1.12 bits per heavy atom. The third kappa shape index (κ3) is 4.46. The first kappa shape index (κ1) is 22.5. The second-order valence-corrected chi connectivity index (χ2v) is 9.22. The number of Topliss-reactive ketones (excluding diaryl/α,β-unsaturated/α-hetero) is 1. The van der Waals surface area contributed by atoms with E-state index >= 15 is 0 Å². The van der Waals surface area contributed by atoms with E-state index in [0.717, 1.165) is 16.8 Å². The molecule has 172 valence electrons. The van der Waals surface area contributed by atoms with Crippen molar-refractivity contribution in [3.8, 4) is 11.5 Å². The minimum Gasteiger partial charge on any atom is -0.493 e. The van der Waals surface area contributed by atoms with Gasteiger partial charge in [0.1, 0.15) is 12.6 Å². The lowest BCUT2D eigenvalue weighted by Gasteiger charge is -2.27. The number of ether oxygens (including phenoxy) is 2. The molecule has 0 saturated carbocycles. The number of anilines is 1. The van der Waals surface area contributed by atoms with Crippen molar-refractivity contribution in [3.05, 3.63) is 70.4 Å². The van der Waals surface area contributed by atoms with E-state index in [1.54, 1.807) is 18.7 Å². The molecular formula is C25H29N5O3. The van der Waals surface area contributed by atoms with Crippen LogP contribution in [0, 0.1) is 0 Å². The minimum absolute atomic E-state index is 0.0517. The van der Waals surface area contributed by atoms with Gasteiger partial charge in [-0.05, 0) is 58.5 Å². The Labute approximate surface area is 193 Å². The van der Waals surface area contributed by atoms with Crippen molar-refractivity contribution < 1.29 is 14.3 Å². The fraction of sp³-hybridized carbons (Fsp3) is 0.360. The maximum absolute atomic E-state index is 12.5. The Morgan fingerprint density at radius 2 is 1.85 bits per heavy atom. The predicted octanol–water partition coefficient (Wildman–Crippen LogP) is 4.44. The van der Waals surface area contributed by atoms with Crippen LogP contribution in [-0.2, 0) is 16.8 Å². The molecule has 1 N–H and O–H groups in total. The molecule has 1 atom stereocenters. The van der Waals surface area contributed by atoms with Crippen LogP contribution in [-0.4, -0.2) is 33.1 Å². The quantitative estimate of drug-likeness (QED) is 0.597. The number of tetrazole rings is 1. The highest BCUT2D eigenvalue weighted by molar-refractivity contribution is 5.96. The van der Waals surface area contributed by atoms with E-state index in [2.05, 4.69) is 65.9 Å². The van der Waals surface area contributed by atoms with E-state index in [0.29, 0.717) is 29.6 Å². The van der Waals surface area contributed by atoms with Crippen molar-refractivity contribution in [2.75, 3.05) is 12.4 Å². The Hall–Kier alpha value is -3.68. The summed E-state index contributed by atoms with van der Waals surface area (Å²) in [5.74, 6) is 1.63. The zero-order chi connectivity index (χ0) is 23.8. The van der Waals surface area contributed by atoms with Crippen LogP contribution in [0.25, 0.3) is 0 Å². The van der Waals surface area contributed by atoms with Crippen LogP contribution < -0.4 is 14.8 Å². The molecule has 0 saturated heterocycles. The average molecular weight is 448 g/mol. The van der Waals surface area contributed by atoms with Gasteiger partial charge in [-0.1, -0.05) is 56.2 Å². The number of aromatic nitrogens is 4. The molecule has 3 aromatic rings. The van der Waals surface area contributed by atoms with Crippen LogP contribution in [0.3, 0.4) is 0 Å². The van der Waals surface area contributed by atoms with Crippen molar-refractivity contribution in [2.24, 2.45) is 0 Å². The van der Waals surface area contributed by atoms with Crippen LogP contribution >= 0.6 is 0 Å². The van der Waals surface area contributed by atoms with Crippen LogP contribution in [0.5, 0.6) is 11.5 Å². The molecule has 2 aromatic carbocycles. The van der Waals surface area contributed by atoms with E-state index in [1.807, 2.05) is 25.1 Å². The highest BCUT2D eigenvalue weighted by Crippen LogP contribution is 2.38. The number of benzene rings is 2. The monoisotopic (exact) mass is 447 g/mol. The summed E-state index contributed by atoms with van der Waals surface area (Å²) in [6.45, 7) is 10.4. The van der Waals surface area contributed by atoms with Gasteiger partial charge in [0.25, 0.3) is 0 Å². The van der Waals surface area contributed by atoms with Gasteiger partial charge in [0.15, 0.2) is 17.3 Å². The molecule has 0 spiro atoms. The van der Waals surface area contributed by atoms with Gasteiger partial charge in [-0.15, -0.1) is 0 Å². The molecule has 0 bridgehead atoms. The molecule has 8 heteroatoms. The SMILES string of the molecule is COc1cc(C2C(C(C)=O)=C(C)Nc3nnnn32)ccc1OCc1ccc(C(C)(C)C)cc1. The van der Waals surface area contributed by atoms with Gasteiger partial charge in [-0.2, -0.15) is 4.68 Å². The summed E-state index contributed by atoms with van der Waals surface area (Å²) in [6, 6.07) is 13.6. The lowest BCUT2D eigenvalue weighted by molar-refractivity contribution is -0.114. The molecule has 0 radical (unpaired) electrons. The van der Waals surface area contributed by atoms with Crippen molar-refractivity contribution in [1.29, 1.82) is 0 Å². The Bertz CT molecular complexity index is 1210. The number of carbonyl (C=O) groups excluding carboxylic acids is 1. The summed E-state index contributed by atoms with van der Waals surface area (Å²) < 4.78 is 13.3. The molecule has 8 nitrogen and oxygen atoms in total. The van der Waals surface area contributed by atoms with Crippen molar-refractivity contribution >= 4 is 11.7 Å². The number of methoxy groups -OCH3 is 1. The summed E-state index contributed by atoms with van der Waals surface area (Å²) in [7, 11) is 1.60. The van der Waals surface area contributed by atoms with Crippen LogP contribution in [0.4, 0.5) is 5.95 Å². The third-order valence-electron chi connectivity index (χ3n) is 5.81. The maximum Gasteiger partial charge on any atom is 0.248 e. The molecule has 0 amide bonds. The first-order chi connectivity index (χ1) is 15.7. The van der Waals surface area contributed by atoms with E-state index < -0.39 is 6.04 Å². The normalized spacial score (nSPS) is 15.6. The zero-order valence-corrected chi connectivity index (χ0v) is 19.8. The van der Waals surface area contributed by atoms with E-state index in [-0.39, 0.29) is 11.2 Å². The van der Waals surface area contributed by atoms with Crippen LogP contribution in [0.2, 0.25) is 0 Å². The molecule has 1 unspecified atom stereocenters. The molecular weight excluding hydrogens is 418 g/mol. The van der Waals surface area contributed by atoms with Gasteiger partial charge in [0, 0.05) is 11.3 Å². The number of rotatable bonds is 6. The minimum atomic E-state index is -0.457. The van der Waals surface area contributed by atoms with Gasteiger partial charge in [0.05, 0.1) is 7.11 Å². The highest BCUT2D eigenvalue weighted by Gasteiger charge is 2.32. The van der Waals surface area contributed by atoms with Gasteiger partial charge in [-0.3, -0.25) is 4.79 Å². The lowest BCUT2D eigenvalue weighted by Crippen LogP contribution is -2.27. The largest absolute Gasteiger partial charge is 0.493 e. The number of hydrogen-bond donors (Lipinski definition) is 1. The maximum atomic E-state index is 12.5.